The maximum Gasteiger partial charge on any atom is 0.262 e. The minimum Gasteiger partial charge on any atom is -0.490 e. The van der Waals surface area contributed by atoms with Crippen molar-refractivity contribution in [1.29, 1.82) is 0 Å². The van der Waals surface area contributed by atoms with E-state index in [2.05, 4.69) is 17.1 Å². The zero-order valence-electron chi connectivity index (χ0n) is 14.4. The van der Waals surface area contributed by atoms with Crippen LogP contribution in [0, 0.1) is 0 Å². The number of hydrogen-bond donors (Lipinski definition) is 1. The van der Waals surface area contributed by atoms with Crippen LogP contribution >= 0.6 is 0 Å². The highest BCUT2D eigenvalue weighted by molar-refractivity contribution is 5.95. The number of carbonyl (C=O) groups is 1. The molecule has 0 aliphatic carbocycles. The van der Waals surface area contributed by atoms with Crippen LogP contribution in [0.25, 0.3) is 0 Å². The van der Waals surface area contributed by atoms with Gasteiger partial charge >= 0.3 is 0 Å². The van der Waals surface area contributed by atoms with E-state index in [-0.39, 0.29) is 12.5 Å². The van der Waals surface area contributed by atoms with Crippen LogP contribution in [0.15, 0.2) is 48.5 Å². The third kappa shape index (κ3) is 4.65. The SMILES string of the molecule is CCOc1ccccc1OCC(=O)Nc1ccccc1N(C)CC. The molecule has 0 saturated carbocycles. The molecule has 0 aliphatic heterocycles. The van der Waals surface area contributed by atoms with E-state index in [1.807, 2.05) is 56.4 Å². The molecule has 1 amide bonds. The first kappa shape index (κ1) is 17.7. The fraction of sp³-hybridized carbons (Fsp3) is 0.316. The third-order valence-corrected chi connectivity index (χ3v) is 3.57. The van der Waals surface area contributed by atoms with Crippen molar-refractivity contribution < 1.29 is 14.3 Å². The Balaban J connectivity index is 2.00. The summed E-state index contributed by atoms with van der Waals surface area (Å²) in [6.07, 6.45) is 0. The molecule has 0 aliphatic rings. The molecule has 2 rings (SSSR count). The molecule has 0 atom stereocenters. The number of ether oxygens (including phenoxy) is 2. The van der Waals surface area contributed by atoms with Gasteiger partial charge in [-0.2, -0.15) is 0 Å². The quantitative estimate of drug-likeness (QED) is 0.805. The Hall–Kier alpha value is -2.69. The first-order valence-corrected chi connectivity index (χ1v) is 8.10. The lowest BCUT2D eigenvalue weighted by Crippen LogP contribution is -2.23. The van der Waals surface area contributed by atoms with E-state index in [4.69, 9.17) is 9.47 Å². The minimum atomic E-state index is -0.210. The predicted molar refractivity (Wildman–Crippen MR) is 97.1 cm³/mol. The summed E-state index contributed by atoms with van der Waals surface area (Å²) in [5.74, 6) is 0.991. The molecule has 0 heterocycles. The molecule has 24 heavy (non-hydrogen) atoms. The largest absolute Gasteiger partial charge is 0.490 e. The Kier molecular flexibility index (Phi) is 6.49. The van der Waals surface area contributed by atoms with Gasteiger partial charge in [0, 0.05) is 13.6 Å². The first-order chi connectivity index (χ1) is 11.7. The lowest BCUT2D eigenvalue weighted by molar-refractivity contribution is -0.118. The molecular weight excluding hydrogens is 304 g/mol. The molecule has 2 aromatic carbocycles. The van der Waals surface area contributed by atoms with Gasteiger partial charge in [0.25, 0.3) is 5.91 Å². The van der Waals surface area contributed by atoms with Gasteiger partial charge in [-0.25, -0.2) is 0 Å². The van der Waals surface area contributed by atoms with Gasteiger partial charge in [-0.05, 0) is 38.1 Å². The third-order valence-electron chi connectivity index (χ3n) is 3.57. The highest BCUT2D eigenvalue weighted by Crippen LogP contribution is 2.27. The van der Waals surface area contributed by atoms with Crippen molar-refractivity contribution in [3.63, 3.8) is 0 Å². The number of anilines is 2. The average molecular weight is 328 g/mol. The molecule has 5 nitrogen and oxygen atoms in total. The summed E-state index contributed by atoms with van der Waals surface area (Å²) in [5, 5.41) is 2.90. The second-order valence-corrected chi connectivity index (χ2v) is 5.25. The number of para-hydroxylation sites is 4. The van der Waals surface area contributed by atoms with E-state index >= 15 is 0 Å². The van der Waals surface area contributed by atoms with Crippen LogP contribution in [0.2, 0.25) is 0 Å². The topological polar surface area (TPSA) is 50.8 Å². The van der Waals surface area contributed by atoms with Gasteiger partial charge in [0.2, 0.25) is 0 Å². The number of benzene rings is 2. The van der Waals surface area contributed by atoms with Crippen molar-refractivity contribution in [2.24, 2.45) is 0 Å². The van der Waals surface area contributed by atoms with Gasteiger partial charge in [-0.1, -0.05) is 24.3 Å². The highest BCUT2D eigenvalue weighted by Gasteiger charge is 2.11. The number of nitrogens with one attached hydrogen (secondary N) is 1. The second kappa shape index (κ2) is 8.82. The summed E-state index contributed by atoms with van der Waals surface area (Å²) in [4.78, 5) is 14.3. The van der Waals surface area contributed by atoms with E-state index < -0.39 is 0 Å². The first-order valence-electron chi connectivity index (χ1n) is 8.10. The summed E-state index contributed by atoms with van der Waals surface area (Å²) < 4.78 is 11.1. The molecule has 0 bridgehead atoms. The molecular formula is C19H24N2O3. The van der Waals surface area contributed by atoms with Gasteiger partial charge in [-0.3, -0.25) is 4.79 Å². The lowest BCUT2D eigenvalue weighted by atomic mass is 10.2. The van der Waals surface area contributed by atoms with Crippen LogP contribution in [0.4, 0.5) is 11.4 Å². The summed E-state index contributed by atoms with van der Waals surface area (Å²) >= 11 is 0. The van der Waals surface area contributed by atoms with Crippen molar-refractivity contribution in [2.45, 2.75) is 13.8 Å². The van der Waals surface area contributed by atoms with Crippen molar-refractivity contribution in [1.82, 2.24) is 0 Å². The van der Waals surface area contributed by atoms with Crippen LogP contribution in [0.5, 0.6) is 11.5 Å². The molecule has 0 fully saturated rings. The Morgan fingerprint density at radius 3 is 2.29 bits per heavy atom. The second-order valence-electron chi connectivity index (χ2n) is 5.25. The maximum atomic E-state index is 12.2. The molecule has 0 spiro atoms. The Morgan fingerprint density at radius 1 is 1.00 bits per heavy atom. The van der Waals surface area contributed by atoms with Crippen LogP contribution in [0.1, 0.15) is 13.8 Å². The Morgan fingerprint density at radius 2 is 1.62 bits per heavy atom. The summed E-state index contributed by atoms with van der Waals surface area (Å²) in [7, 11) is 1.99. The van der Waals surface area contributed by atoms with Gasteiger partial charge in [0.15, 0.2) is 18.1 Å². The molecule has 1 N–H and O–H groups in total. The lowest BCUT2D eigenvalue weighted by Gasteiger charge is -2.21. The zero-order valence-corrected chi connectivity index (χ0v) is 14.4. The predicted octanol–water partition coefficient (Wildman–Crippen LogP) is 3.56. The molecule has 0 aromatic heterocycles. The smallest absolute Gasteiger partial charge is 0.262 e. The molecule has 128 valence electrons. The highest BCUT2D eigenvalue weighted by atomic mass is 16.5. The molecule has 5 heteroatoms. The van der Waals surface area contributed by atoms with Crippen molar-refractivity contribution in [3.8, 4) is 11.5 Å². The maximum absolute atomic E-state index is 12.2. The summed E-state index contributed by atoms with van der Waals surface area (Å²) in [6.45, 7) is 5.29. The summed E-state index contributed by atoms with van der Waals surface area (Å²) in [6, 6.07) is 15.0. The average Bonchev–Trinajstić information content (AvgIpc) is 2.61. The van der Waals surface area contributed by atoms with E-state index in [9.17, 15) is 4.79 Å². The van der Waals surface area contributed by atoms with E-state index in [0.717, 1.165) is 17.9 Å². The van der Waals surface area contributed by atoms with Gasteiger partial charge < -0.3 is 19.7 Å². The van der Waals surface area contributed by atoms with Crippen LogP contribution in [0.3, 0.4) is 0 Å². The van der Waals surface area contributed by atoms with Gasteiger partial charge in [0.05, 0.1) is 18.0 Å². The van der Waals surface area contributed by atoms with E-state index in [1.165, 1.54) is 0 Å². The molecule has 0 unspecified atom stereocenters. The van der Waals surface area contributed by atoms with Gasteiger partial charge in [-0.15, -0.1) is 0 Å². The van der Waals surface area contributed by atoms with Crippen LogP contribution < -0.4 is 19.7 Å². The number of rotatable bonds is 8. The number of nitrogens with zero attached hydrogens (tertiary/aromatic N) is 1. The van der Waals surface area contributed by atoms with Crippen LogP contribution in [-0.2, 0) is 4.79 Å². The number of amides is 1. The van der Waals surface area contributed by atoms with E-state index in [0.29, 0.717) is 18.1 Å². The normalized spacial score (nSPS) is 10.1. The fourth-order valence-electron chi connectivity index (χ4n) is 2.26. The molecule has 0 radical (unpaired) electrons. The minimum absolute atomic E-state index is 0.0751. The van der Waals surface area contributed by atoms with Crippen LogP contribution in [-0.4, -0.2) is 32.7 Å². The molecule has 2 aromatic rings. The Labute approximate surface area is 143 Å². The summed E-state index contributed by atoms with van der Waals surface area (Å²) in [5.41, 5.74) is 1.75. The van der Waals surface area contributed by atoms with Crippen molar-refractivity contribution in [3.05, 3.63) is 48.5 Å². The molecule has 0 saturated heterocycles. The fourth-order valence-corrected chi connectivity index (χ4v) is 2.26. The van der Waals surface area contributed by atoms with E-state index in [1.54, 1.807) is 6.07 Å². The van der Waals surface area contributed by atoms with Crippen molar-refractivity contribution in [2.75, 3.05) is 37.0 Å². The monoisotopic (exact) mass is 328 g/mol. The zero-order chi connectivity index (χ0) is 17.4. The number of carbonyl (C=O) groups excluding carboxylic acids is 1. The van der Waals surface area contributed by atoms with Crippen molar-refractivity contribution >= 4 is 17.3 Å². The van der Waals surface area contributed by atoms with Gasteiger partial charge in [0.1, 0.15) is 0 Å². The number of hydrogen-bond acceptors (Lipinski definition) is 4. The standard InChI is InChI=1S/C19H24N2O3/c1-4-21(3)16-11-7-6-10-15(16)20-19(22)14-24-18-13-9-8-12-17(18)23-5-2/h6-13H,4-5,14H2,1-3H3,(H,20,22). The Bertz CT molecular complexity index is 673.